The Kier molecular flexibility index (Phi) is 8.61. The molecular weight excluding hydrogens is 636 g/mol. The van der Waals surface area contributed by atoms with Crippen molar-refractivity contribution in [1.82, 2.24) is 9.29 Å². The van der Waals surface area contributed by atoms with E-state index < -0.39 is 61.7 Å². The summed E-state index contributed by atoms with van der Waals surface area (Å²) in [5.41, 5.74) is -6.62. The molecule has 0 radical (unpaired) electrons. The van der Waals surface area contributed by atoms with E-state index in [1.807, 2.05) is 0 Å². The Bertz CT molecular complexity index is 1610. The first-order chi connectivity index (χ1) is 19.4. The third-order valence-corrected chi connectivity index (χ3v) is 10.6. The number of sulfone groups is 1. The highest BCUT2D eigenvalue weighted by Gasteiger charge is 2.71. The minimum atomic E-state index is -6.09. The summed E-state index contributed by atoms with van der Waals surface area (Å²) in [5, 5.41) is 9.75. The van der Waals surface area contributed by atoms with Gasteiger partial charge >= 0.3 is 12.4 Å². The fourth-order valence-electron chi connectivity index (χ4n) is 4.55. The molecule has 4 rings (SSSR count). The highest BCUT2D eigenvalue weighted by atomic mass is 35.5. The summed E-state index contributed by atoms with van der Waals surface area (Å²) in [4.78, 5) is 4.86. The van der Waals surface area contributed by atoms with Crippen molar-refractivity contribution >= 4 is 37.1 Å². The van der Waals surface area contributed by atoms with Crippen molar-refractivity contribution in [2.75, 3.05) is 30.3 Å². The van der Waals surface area contributed by atoms with Crippen molar-refractivity contribution in [3.05, 3.63) is 83.6 Å². The number of pyridine rings is 1. The van der Waals surface area contributed by atoms with Gasteiger partial charge in [-0.15, -0.1) is 0 Å². The summed E-state index contributed by atoms with van der Waals surface area (Å²) in [7, 11) is -8.23. The number of hydrogen-bond acceptors (Lipinski definition) is 7. The Morgan fingerprint density at radius 1 is 0.833 bits per heavy atom. The average molecular weight is 658 g/mol. The van der Waals surface area contributed by atoms with Crippen LogP contribution in [0.5, 0.6) is 0 Å². The smallest absolute Gasteiger partial charge is 0.369 e. The number of anilines is 1. The third-order valence-electron chi connectivity index (χ3n) is 6.73. The number of aliphatic hydroxyl groups is 1. The Balaban J connectivity index is 1.71. The molecule has 42 heavy (non-hydrogen) atoms. The second-order valence-corrected chi connectivity index (χ2v) is 13.7. The van der Waals surface area contributed by atoms with Gasteiger partial charge in [0.05, 0.1) is 16.7 Å². The van der Waals surface area contributed by atoms with Gasteiger partial charge in [0.25, 0.3) is 5.60 Å². The molecule has 1 aliphatic heterocycles. The molecule has 0 saturated carbocycles. The van der Waals surface area contributed by atoms with Crippen LogP contribution in [0.2, 0.25) is 5.15 Å². The van der Waals surface area contributed by atoms with Crippen LogP contribution in [0.1, 0.15) is 5.56 Å². The van der Waals surface area contributed by atoms with Crippen molar-refractivity contribution in [2.45, 2.75) is 33.8 Å². The van der Waals surface area contributed by atoms with Crippen molar-refractivity contribution in [1.29, 1.82) is 0 Å². The minimum Gasteiger partial charge on any atom is -0.369 e. The number of alkyl halides is 6. The van der Waals surface area contributed by atoms with Crippen LogP contribution in [0, 0.1) is 0 Å². The van der Waals surface area contributed by atoms with Gasteiger partial charge in [-0.25, -0.2) is 21.8 Å². The Morgan fingerprint density at radius 2 is 1.43 bits per heavy atom. The van der Waals surface area contributed by atoms with E-state index in [9.17, 15) is 48.3 Å². The van der Waals surface area contributed by atoms with Gasteiger partial charge in [0, 0.05) is 37.1 Å². The Morgan fingerprint density at radius 3 is 1.95 bits per heavy atom. The predicted molar refractivity (Wildman–Crippen MR) is 140 cm³/mol. The van der Waals surface area contributed by atoms with Gasteiger partial charge in [-0.05, 0) is 36.4 Å². The largest absolute Gasteiger partial charge is 0.430 e. The summed E-state index contributed by atoms with van der Waals surface area (Å²) in [5.74, 6) is -0.640. The van der Waals surface area contributed by atoms with Crippen LogP contribution >= 0.6 is 11.6 Å². The van der Waals surface area contributed by atoms with Crippen molar-refractivity contribution in [2.24, 2.45) is 0 Å². The van der Waals surface area contributed by atoms with Gasteiger partial charge in [0.2, 0.25) is 10.0 Å². The highest BCUT2D eigenvalue weighted by molar-refractivity contribution is 7.91. The molecule has 0 aliphatic carbocycles. The maximum absolute atomic E-state index is 13.3. The lowest BCUT2D eigenvalue weighted by Crippen LogP contribution is -2.57. The molecule has 1 aliphatic rings. The Labute approximate surface area is 242 Å². The van der Waals surface area contributed by atoms with Gasteiger partial charge in [0.1, 0.15) is 10.0 Å². The van der Waals surface area contributed by atoms with Crippen molar-refractivity contribution in [3.8, 4) is 0 Å². The van der Waals surface area contributed by atoms with Gasteiger partial charge in [0.15, 0.2) is 9.84 Å². The van der Waals surface area contributed by atoms with E-state index in [2.05, 4.69) is 4.98 Å². The molecule has 1 unspecified atom stereocenters. The molecule has 0 bridgehead atoms. The lowest BCUT2D eigenvalue weighted by Gasteiger charge is -2.42. The van der Waals surface area contributed by atoms with Gasteiger partial charge in [-0.3, -0.25) is 0 Å². The van der Waals surface area contributed by atoms with Gasteiger partial charge in [-0.1, -0.05) is 41.9 Å². The molecule has 8 nitrogen and oxygen atoms in total. The maximum Gasteiger partial charge on any atom is 0.430 e. The first-order valence-corrected chi connectivity index (χ1v) is 15.5. The number of benzene rings is 2. The molecule has 2 aromatic carbocycles. The summed E-state index contributed by atoms with van der Waals surface area (Å²) in [6, 6.07) is 11.2. The number of nitrogens with zero attached hydrogens (tertiary/aromatic N) is 3. The van der Waals surface area contributed by atoms with Crippen molar-refractivity contribution in [3.63, 3.8) is 0 Å². The highest BCUT2D eigenvalue weighted by Crippen LogP contribution is 2.50. The molecule has 228 valence electrons. The monoisotopic (exact) mass is 657 g/mol. The Hall–Kier alpha value is -2.92. The van der Waals surface area contributed by atoms with Crippen LogP contribution in [0.3, 0.4) is 0 Å². The molecule has 0 amide bonds. The van der Waals surface area contributed by atoms with Crippen LogP contribution in [-0.4, -0.2) is 75.0 Å². The van der Waals surface area contributed by atoms with E-state index in [4.69, 9.17) is 11.6 Å². The zero-order chi connectivity index (χ0) is 31.1. The number of piperazine rings is 1. The van der Waals surface area contributed by atoms with E-state index in [1.54, 1.807) is 6.07 Å². The molecule has 1 N–H and O–H groups in total. The normalized spacial score (nSPS) is 17.8. The fraction of sp³-hybridized carbons (Fsp3) is 0.320. The number of rotatable bonds is 7. The number of hydrogen-bond donors (Lipinski definition) is 1. The quantitative estimate of drug-likeness (QED) is 0.297. The van der Waals surface area contributed by atoms with E-state index >= 15 is 0 Å². The average Bonchev–Trinajstić information content (AvgIpc) is 2.92. The van der Waals surface area contributed by atoms with Gasteiger partial charge < -0.3 is 10.0 Å². The lowest BCUT2D eigenvalue weighted by atomic mass is 9.92. The zero-order valence-corrected chi connectivity index (χ0v) is 23.6. The van der Waals surface area contributed by atoms with Gasteiger partial charge in [-0.2, -0.15) is 30.6 Å². The van der Waals surface area contributed by atoms with E-state index in [1.165, 1.54) is 41.3 Å². The summed E-state index contributed by atoms with van der Waals surface area (Å²) >= 11 is 5.74. The maximum atomic E-state index is 13.3. The number of sulfonamides is 1. The SMILES string of the molecule is O=S(=O)(CC1CN(S(=O)(=O)c2ccc(Cl)nc2)CCN1c1ccc(C(O)(C(F)(F)F)C(F)(F)F)cc1)c1ccccc1. The van der Waals surface area contributed by atoms with Crippen LogP contribution in [0.4, 0.5) is 32.0 Å². The van der Waals surface area contributed by atoms with Crippen LogP contribution in [0.15, 0.2) is 82.7 Å². The molecule has 3 aromatic rings. The fourth-order valence-corrected chi connectivity index (χ4v) is 7.63. The molecule has 2 heterocycles. The van der Waals surface area contributed by atoms with E-state index in [-0.39, 0.29) is 33.7 Å². The second-order valence-electron chi connectivity index (χ2n) is 9.37. The molecule has 0 spiro atoms. The lowest BCUT2D eigenvalue weighted by molar-refractivity contribution is -0.376. The number of halogens is 7. The second kappa shape index (κ2) is 11.3. The number of aromatic nitrogens is 1. The molecule has 17 heteroatoms. The summed E-state index contributed by atoms with van der Waals surface area (Å²) in [6.45, 7) is -0.769. The first kappa shape index (κ1) is 32.0. The molecule has 1 aromatic heterocycles. The van der Waals surface area contributed by atoms with Crippen LogP contribution < -0.4 is 4.90 Å². The summed E-state index contributed by atoms with van der Waals surface area (Å²) < 4.78 is 134. The topological polar surface area (TPSA) is 108 Å². The third kappa shape index (κ3) is 6.08. The molecule has 1 atom stereocenters. The van der Waals surface area contributed by atoms with Crippen LogP contribution in [0.25, 0.3) is 0 Å². The zero-order valence-electron chi connectivity index (χ0n) is 21.2. The van der Waals surface area contributed by atoms with Crippen LogP contribution in [-0.2, 0) is 25.5 Å². The first-order valence-electron chi connectivity index (χ1n) is 12.0. The standard InChI is InChI=1S/C25H22ClF6N3O5S2/c26-22-11-10-21(14-33-22)42(39,40)34-12-13-35(19(15-34)16-41(37,38)20-4-2-1-3-5-20)18-8-6-17(7-9-18)23(36,24(27,28)29)25(30,31)32/h1-11,14,19,36H,12-13,15-16H2. The van der Waals surface area contributed by atoms with Crippen molar-refractivity contribution < 1.29 is 48.3 Å². The predicted octanol–water partition coefficient (Wildman–Crippen LogP) is 4.40. The minimum absolute atomic E-state index is 0.0175. The summed E-state index contributed by atoms with van der Waals surface area (Å²) in [6.07, 6.45) is -11.1. The van der Waals surface area contributed by atoms with E-state index in [0.29, 0.717) is 12.1 Å². The molecular formula is C25H22ClF6N3O5S2. The van der Waals surface area contributed by atoms with E-state index in [0.717, 1.165) is 22.6 Å². The molecule has 1 fully saturated rings. The molecule has 1 saturated heterocycles.